The number of benzene rings is 2. The number of hydrogen-bond acceptors (Lipinski definition) is 6. The van der Waals surface area contributed by atoms with Gasteiger partial charge in [-0.05, 0) is 38.5 Å². The van der Waals surface area contributed by atoms with Gasteiger partial charge in [-0.3, -0.25) is 14.5 Å². The molecule has 0 unspecified atom stereocenters. The van der Waals surface area contributed by atoms with E-state index >= 15 is 0 Å². The maximum atomic E-state index is 13.2. The molecule has 182 valence electrons. The van der Waals surface area contributed by atoms with Crippen molar-refractivity contribution in [2.75, 3.05) is 31.9 Å². The number of nitrogens with zero attached hydrogens (tertiary/aromatic N) is 4. The molecule has 2 amide bonds. The zero-order valence-corrected chi connectivity index (χ0v) is 20.5. The average molecular weight is 473 g/mol. The van der Waals surface area contributed by atoms with Gasteiger partial charge in [-0.15, -0.1) is 0 Å². The maximum Gasteiger partial charge on any atom is 0.276 e. The van der Waals surface area contributed by atoms with Crippen LogP contribution in [-0.4, -0.2) is 63.3 Å². The number of hydrogen-bond donors (Lipinski definition) is 2. The molecule has 1 aromatic heterocycles. The summed E-state index contributed by atoms with van der Waals surface area (Å²) in [5, 5.41) is 2.93. The van der Waals surface area contributed by atoms with Crippen molar-refractivity contribution in [1.82, 2.24) is 25.1 Å². The molecule has 1 aliphatic rings. The van der Waals surface area contributed by atoms with Crippen molar-refractivity contribution in [2.24, 2.45) is 0 Å². The van der Waals surface area contributed by atoms with Crippen LogP contribution in [0.4, 0.5) is 5.82 Å². The number of piperazine rings is 1. The summed E-state index contributed by atoms with van der Waals surface area (Å²) in [4.78, 5) is 38.8. The van der Waals surface area contributed by atoms with Crippen molar-refractivity contribution >= 4 is 17.6 Å². The van der Waals surface area contributed by atoms with Crippen molar-refractivity contribution in [3.05, 3.63) is 77.6 Å². The van der Waals surface area contributed by atoms with Gasteiger partial charge in [0, 0.05) is 49.4 Å². The minimum absolute atomic E-state index is 0.0618. The summed E-state index contributed by atoms with van der Waals surface area (Å²) in [7, 11) is 0. The Bertz CT molecular complexity index is 1200. The van der Waals surface area contributed by atoms with Crippen LogP contribution in [0.5, 0.6) is 0 Å². The molecule has 0 saturated carbocycles. The molecule has 0 bridgehead atoms. The van der Waals surface area contributed by atoms with Crippen LogP contribution in [0.2, 0.25) is 0 Å². The number of aromatic nitrogens is 2. The van der Waals surface area contributed by atoms with Gasteiger partial charge < -0.3 is 16.0 Å². The molecule has 8 nitrogen and oxygen atoms in total. The fourth-order valence-electron chi connectivity index (χ4n) is 4.13. The third-order valence-corrected chi connectivity index (χ3v) is 6.24. The molecular weight excluding hydrogens is 440 g/mol. The Kier molecular flexibility index (Phi) is 7.12. The standard InChI is InChI=1S/C27H32N6O2/c1-27(2,3)33-14-12-32(13-15-33)26(35)23-24(28)29-18-22(31-23)20-10-7-11-21(16-20)25(34)30-17-19-8-5-4-6-9-19/h4-11,16,18H,12-15,17H2,1-3H3,(H2,28,29)(H,30,34). The predicted octanol–water partition coefficient (Wildman–Crippen LogP) is 3.21. The van der Waals surface area contributed by atoms with Crippen LogP contribution >= 0.6 is 0 Å². The predicted molar refractivity (Wildman–Crippen MR) is 137 cm³/mol. The Morgan fingerprint density at radius 2 is 1.71 bits per heavy atom. The van der Waals surface area contributed by atoms with Gasteiger partial charge in [0.25, 0.3) is 11.8 Å². The van der Waals surface area contributed by atoms with Crippen LogP contribution in [0.15, 0.2) is 60.8 Å². The van der Waals surface area contributed by atoms with Gasteiger partial charge in [0.2, 0.25) is 0 Å². The van der Waals surface area contributed by atoms with E-state index < -0.39 is 0 Å². The lowest BCUT2D eigenvalue weighted by atomic mass is 10.0. The minimum Gasteiger partial charge on any atom is -0.382 e. The van der Waals surface area contributed by atoms with Crippen LogP contribution < -0.4 is 11.1 Å². The Morgan fingerprint density at radius 3 is 2.40 bits per heavy atom. The first kappa shape index (κ1) is 24.3. The summed E-state index contributed by atoms with van der Waals surface area (Å²) in [5.74, 6) is -0.303. The van der Waals surface area contributed by atoms with Crippen LogP contribution in [0.1, 0.15) is 47.2 Å². The number of carbonyl (C=O) groups is 2. The molecule has 2 aromatic carbocycles. The first-order valence-electron chi connectivity index (χ1n) is 11.8. The molecule has 1 fully saturated rings. The van der Waals surface area contributed by atoms with E-state index in [4.69, 9.17) is 5.73 Å². The van der Waals surface area contributed by atoms with E-state index in [1.54, 1.807) is 23.1 Å². The number of rotatable bonds is 5. The highest BCUT2D eigenvalue weighted by atomic mass is 16.2. The Balaban J connectivity index is 1.48. The number of carbonyl (C=O) groups excluding carboxylic acids is 2. The monoisotopic (exact) mass is 472 g/mol. The maximum absolute atomic E-state index is 13.2. The highest BCUT2D eigenvalue weighted by molar-refractivity contribution is 5.97. The van der Waals surface area contributed by atoms with E-state index in [1.165, 1.54) is 6.20 Å². The molecule has 0 spiro atoms. The van der Waals surface area contributed by atoms with E-state index in [0.29, 0.717) is 36.5 Å². The summed E-state index contributed by atoms with van der Waals surface area (Å²) in [6.45, 7) is 9.77. The highest BCUT2D eigenvalue weighted by Gasteiger charge is 2.29. The normalized spacial score (nSPS) is 14.5. The number of nitrogen functional groups attached to an aromatic ring is 1. The van der Waals surface area contributed by atoms with Gasteiger partial charge >= 0.3 is 0 Å². The van der Waals surface area contributed by atoms with Crippen molar-refractivity contribution in [3.63, 3.8) is 0 Å². The van der Waals surface area contributed by atoms with E-state index in [1.807, 2.05) is 36.4 Å². The van der Waals surface area contributed by atoms with Gasteiger partial charge in [-0.1, -0.05) is 42.5 Å². The van der Waals surface area contributed by atoms with Crippen molar-refractivity contribution in [2.45, 2.75) is 32.9 Å². The zero-order valence-electron chi connectivity index (χ0n) is 20.5. The molecule has 1 aliphatic heterocycles. The molecule has 1 saturated heterocycles. The van der Waals surface area contributed by atoms with Crippen LogP contribution in [-0.2, 0) is 6.54 Å². The van der Waals surface area contributed by atoms with Crippen molar-refractivity contribution < 1.29 is 9.59 Å². The van der Waals surface area contributed by atoms with Crippen molar-refractivity contribution in [1.29, 1.82) is 0 Å². The van der Waals surface area contributed by atoms with Gasteiger partial charge in [0.05, 0.1) is 11.9 Å². The zero-order chi connectivity index (χ0) is 25.0. The minimum atomic E-state index is -0.220. The Labute approximate surface area is 206 Å². The van der Waals surface area contributed by atoms with Gasteiger partial charge in [-0.2, -0.15) is 0 Å². The topological polar surface area (TPSA) is 104 Å². The number of nitrogens with one attached hydrogen (secondary N) is 1. The molecule has 0 atom stereocenters. The second-order valence-electron chi connectivity index (χ2n) is 9.69. The first-order chi connectivity index (χ1) is 16.7. The van der Waals surface area contributed by atoms with Gasteiger partial charge in [0.1, 0.15) is 0 Å². The summed E-state index contributed by atoms with van der Waals surface area (Å²) in [5.41, 5.74) is 8.96. The van der Waals surface area contributed by atoms with Crippen LogP contribution in [0.25, 0.3) is 11.3 Å². The Morgan fingerprint density at radius 1 is 1.00 bits per heavy atom. The third kappa shape index (κ3) is 5.84. The van der Waals surface area contributed by atoms with E-state index in [0.717, 1.165) is 18.7 Å². The Hall–Kier alpha value is -3.78. The number of nitrogens with two attached hydrogens (primary N) is 1. The fraction of sp³-hybridized carbons (Fsp3) is 0.333. The van der Waals surface area contributed by atoms with E-state index in [-0.39, 0.29) is 28.9 Å². The average Bonchev–Trinajstić information content (AvgIpc) is 2.87. The summed E-state index contributed by atoms with van der Waals surface area (Å²) in [6, 6.07) is 16.9. The fourth-order valence-corrected chi connectivity index (χ4v) is 4.13. The van der Waals surface area contributed by atoms with Crippen molar-refractivity contribution in [3.8, 4) is 11.3 Å². The second kappa shape index (κ2) is 10.2. The third-order valence-electron chi connectivity index (χ3n) is 6.24. The molecule has 3 N–H and O–H groups in total. The SMILES string of the molecule is CC(C)(C)N1CCN(C(=O)c2nc(-c3cccc(C(=O)NCc4ccccc4)c3)cnc2N)CC1. The number of anilines is 1. The quantitative estimate of drug-likeness (QED) is 0.591. The van der Waals surface area contributed by atoms with Crippen LogP contribution in [0.3, 0.4) is 0 Å². The van der Waals surface area contributed by atoms with Gasteiger partial charge in [-0.25, -0.2) is 9.97 Å². The molecule has 0 radical (unpaired) electrons. The molecule has 8 heteroatoms. The summed E-state index contributed by atoms with van der Waals surface area (Å²) >= 11 is 0. The van der Waals surface area contributed by atoms with E-state index in [9.17, 15) is 9.59 Å². The molecule has 2 heterocycles. The number of amides is 2. The molecule has 0 aliphatic carbocycles. The first-order valence-corrected chi connectivity index (χ1v) is 11.8. The smallest absolute Gasteiger partial charge is 0.276 e. The molecule has 3 aromatic rings. The lowest BCUT2D eigenvalue weighted by Gasteiger charge is -2.42. The van der Waals surface area contributed by atoms with Gasteiger partial charge in [0.15, 0.2) is 11.5 Å². The second-order valence-corrected chi connectivity index (χ2v) is 9.69. The lowest BCUT2D eigenvalue weighted by Crippen LogP contribution is -2.54. The summed E-state index contributed by atoms with van der Waals surface area (Å²) < 4.78 is 0. The molecule has 4 rings (SSSR count). The molecule has 35 heavy (non-hydrogen) atoms. The highest BCUT2D eigenvalue weighted by Crippen LogP contribution is 2.22. The van der Waals surface area contributed by atoms with E-state index in [2.05, 4.69) is 41.0 Å². The lowest BCUT2D eigenvalue weighted by molar-refractivity contribution is 0.0447. The molecular formula is C27H32N6O2. The summed E-state index contributed by atoms with van der Waals surface area (Å²) in [6.07, 6.45) is 1.53. The van der Waals surface area contributed by atoms with Crippen LogP contribution in [0, 0.1) is 0 Å². The largest absolute Gasteiger partial charge is 0.382 e.